The first-order chi connectivity index (χ1) is 8.43. The third-order valence-corrected chi connectivity index (χ3v) is 2.37. The minimum absolute atomic E-state index is 0.0935. The van der Waals surface area contributed by atoms with Gasteiger partial charge in [-0.15, -0.1) is 0 Å². The molecule has 18 heavy (non-hydrogen) atoms. The molecule has 0 aliphatic rings. The van der Waals surface area contributed by atoms with Gasteiger partial charge in [0.2, 0.25) is 0 Å². The molecule has 0 unspecified atom stereocenters. The third-order valence-electron chi connectivity index (χ3n) is 2.37. The van der Waals surface area contributed by atoms with Gasteiger partial charge in [0.15, 0.2) is 5.78 Å². The highest BCUT2D eigenvalue weighted by atomic mass is 16.5. The minimum atomic E-state index is -0.342. The van der Waals surface area contributed by atoms with E-state index in [0.29, 0.717) is 6.61 Å². The van der Waals surface area contributed by atoms with E-state index in [9.17, 15) is 4.79 Å². The van der Waals surface area contributed by atoms with E-state index in [0.717, 1.165) is 11.4 Å². The van der Waals surface area contributed by atoms with Crippen LogP contribution in [0.5, 0.6) is 5.75 Å². The van der Waals surface area contributed by atoms with E-state index < -0.39 is 0 Å². The SMILES string of the molecule is CCOc1cccc(NC=CC(=O)C(C)(C)C)c1. The van der Waals surface area contributed by atoms with E-state index in [1.54, 1.807) is 12.3 Å². The maximum atomic E-state index is 11.7. The Morgan fingerprint density at radius 1 is 1.39 bits per heavy atom. The van der Waals surface area contributed by atoms with Crippen molar-refractivity contribution in [1.82, 2.24) is 0 Å². The van der Waals surface area contributed by atoms with Gasteiger partial charge in [-0.25, -0.2) is 0 Å². The third kappa shape index (κ3) is 4.62. The average Bonchev–Trinajstić information content (AvgIpc) is 2.28. The molecular formula is C15H21NO2. The maximum absolute atomic E-state index is 11.7. The second kappa shape index (κ2) is 6.24. The molecule has 0 aliphatic heterocycles. The van der Waals surface area contributed by atoms with Gasteiger partial charge in [-0.05, 0) is 25.1 Å². The fraction of sp³-hybridized carbons (Fsp3) is 0.400. The Morgan fingerprint density at radius 2 is 2.11 bits per heavy atom. The number of allylic oxidation sites excluding steroid dienone is 1. The second-order valence-corrected chi connectivity index (χ2v) is 5.05. The molecule has 0 atom stereocenters. The monoisotopic (exact) mass is 247 g/mol. The number of carbonyl (C=O) groups excluding carboxylic acids is 1. The molecule has 0 fully saturated rings. The summed E-state index contributed by atoms with van der Waals surface area (Å²) in [6, 6.07) is 7.63. The molecule has 3 nitrogen and oxygen atoms in total. The van der Waals surface area contributed by atoms with Crippen molar-refractivity contribution in [2.24, 2.45) is 5.41 Å². The smallest absolute Gasteiger partial charge is 0.162 e. The number of hydrogen-bond acceptors (Lipinski definition) is 3. The molecule has 0 saturated heterocycles. The molecule has 3 heteroatoms. The first-order valence-electron chi connectivity index (χ1n) is 6.14. The van der Waals surface area contributed by atoms with Crippen LogP contribution in [0.25, 0.3) is 0 Å². The number of carbonyl (C=O) groups is 1. The number of benzene rings is 1. The summed E-state index contributed by atoms with van der Waals surface area (Å²) >= 11 is 0. The van der Waals surface area contributed by atoms with Crippen LogP contribution in [0.4, 0.5) is 5.69 Å². The number of hydrogen-bond donors (Lipinski definition) is 1. The van der Waals surface area contributed by atoms with Crippen LogP contribution < -0.4 is 10.1 Å². The first kappa shape index (κ1) is 14.3. The van der Waals surface area contributed by atoms with Gasteiger partial charge in [-0.2, -0.15) is 0 Å². The highest BCUT2D eigenvalue weighted by Crippen LogP contribution is 2.18. The average molecular weight is 247 g/mol. The molecule has 0 amide bonds. The second-order valence-electron chi connectivity index (χ2n) is 5.05. The quantitative estimate of drug-likeness (QED) is 0.807. The zero-order valence-corrected chi connectivity index (χ0v) is 11.5. The summed E-state index contributed by atoms with van der Waals surface area (Å²) in [6.07, 6.45) is 3.23. The first-order valence-corrected chi connectivity index (χ1v) is 6.14. The highest BCUT2D eigenvalue weighted by molar-refractivity contribution is 5.94. The molecule has 1 aromatic carbocycles. The van der Waals surface area contributed by atoms with Crippen molar-refractivity contribution in [3.63, 3.8) is 0 Å². The van der Waals surface area contributed by atoms with Crippen LogP contribution in [0.1, 0.15) is 27.7 Å². The lowest BCUT2D eigenvalue weighted by atomic mass is 9.91. The predicted molar refractivity (Wildman–Crippen MR) is 74.8 cm³/mol. The van der Waals surface area contributed by atoms with Crippen LogP contribution in [0.15, 0.2) is 36.5 Å². The molecule has 0 aromatic heterocycles. The van der Waals surface area contributed by atoms with Crippen LogP contribution in [0, 0.1) is 5.41 Å². The van der Waals surface area contributed by atoms with E-state index in [1.165, 1.54) is 0 Å². The van der Waals surface area contributed by atoms with Gasteiger partial charge in [-0.1, -0.05) is 26.8 Å². The number of ketones is 1. The van der Waals surface area contributed by atoms with Gasteiger partial charge >= 0.3 is 0 Å². The van der Waals surface area contributed by atoms with E-state index in [1.807, 2.05) is 52.0 Å². The molecule has 0 heterocycles. The molecule has 0 radical (unpaired) electrons. The number of ether oxygens (including phenoxy) is 1. The molecule has 1 rings (SSSR count). The van der Waals surface area contributed by atoms with Crippen LogP contribution >= 0.6 is 0 Å². The summed E-state index contributed by atoms with van der Waals surface area (Å²) in [7, 11) is 0. The van der Waals surface area contributed by atoms with E-state index in [-0.39, 0.29) is 11.2 Å². The fourth-order valence-electron chi connectivity index (χ4n) is 1.31. The van der Waals surface area contributed by atoms with Crippen LogP contribution in [-0.2, 0) is 4.79 Å². The van der Waals surface area contributed by atoms with Crippen LogP contribution in [-0.4, -0.2) is 12.4 Å². The van der Waals surface area contributed by atoms with Crippen molar-refractivity contribution in [3.8, 4) is 5.75 Å². The van der Waals surface area contributed by atoms with Crippen molar-refractivity contribution in [2.75, 3.05) is 11.9 Å². The fourth-order valence-corrected chi connectivity index (χ4v) is 1.31. The van der Waals surface area contributed by atoms with E-state index >= 15 is 0 Å². The zero-order chi connectivity index (χ0) is 13.6. The predicted octanol–water partition coefficient (Wildman–Crippen LogP) is 3.63. The summed E-state index contributed by atoms with van der Waals surface area (Å²) in [5.41, 5.74) is 0.560. The van der Waals surface area contributed by atoms with Crippen molar-refractivity contribution in [1.29, 1.82) is 0 Å². The molecule has 1 aromatic rings. The summed E-state index contributed by atoms with van der Waals surface area (Å²) < 4.78 is 5.40. The van der Waals surface area contributed by atoms with Gasteiger partial charge in [0.1, 0.15) is 5.75 Å². The molecule has 1 N–H and O–H groups in total. The lowest BCUT2D eigenvalue weighted by Crippen LogP contribution is -2.17. The number of rotatable bonds is 5. The van der Waals surface area contributed by atoms with Gasteiger partial charge < -0.3 is 10.1 Å². The van der Waals surface area contributed by atoms with Crippen LogP contribution in [0.3, 0.4) is 0 Å². The van der Waals surface area contributed by atoms with Crippen molar-refractivity contribution >= 4 is 11.5 Å². The maximum Gasteiger partial charge on any atom is 0.162 e. The molecule has 0 bridgehead atoms. The summed E-state index contributed by atoms with van der Waals surface area (Å²) in [6.45, 7) is 8.28. The normalized spacial score (nSPS) is 11.6. The van der Waals surface area contributed by atoms with Crippen molar-refractivity contribution < 1.29 is 9.53 Å². The molecule has 0 aliphatic carbocycles. The van der Waals surface area contributed by atoms with Gasteiger partial charge in [-0.3, -0.25) is 4.79 Å². The van der Waals surface area contributed by atoms with Crippen molar-refractivity contribution in [3.05, 3.63) is 36.5 Å². The lowest BCUT2D eigenvalue weighted by Gasteiger charge is -2.13. The Labute approximate surface area is 109 Å². The summed E-state index contributed by atoms with van der Waals surface area (Å²) in [5.74, 6) is 0.911. The summed E-state index contributed by atoms with van der Waals surface area (Å²) in [4.78, 5) is 11.7. The Kier molecular flexibility index (Phi) is 4.95. The van der Waals surface area contributed by atoms with Gasteiger partial charge in [0.05, 0.1) is 6.61 Å². The van der Waals surface area contributed by atoms with E-state index in [4.69, 9.17) is 4.74 Å². The van der Waals surface area contributed by atoms with Gasteiger partial charge in [0.25, 0.3) is 0 Å². The molecule has 0 spiro atoms. The Balaban J connectivity index is 2.61. The lowest BCUT2D eigenvalue weighted by molar-refractivity contribution is -0.121. The minimum Gasteiger partial charge on any atom is -0.494 e. The topological polar surface area (TPSA) is 38.3 Å². The highest BCUT2D eigenvalue weighted by Gasteiger charge is 2.17. The number of nitrogens with one attached hydrogen (secondary N) is 1. The zero-order valence-electron chi connectivity index (χ0n) is 11.5. The Bertz CT molecular complexity index is 430. The Hall–Kier alpha value is -1.77. The van der Waals surface area contributed by atoms with E-state index in [2.05, 4.69) is 5.32 Å². The molecular weight excluding hydrogens is 226 g/mol. The molecule has 98 valence electrons. The van der Waals surface area contributed by atoms with Gasteiger partial charge in [0, 0.05) is 23.4 Å². The van der Waals surface area contributed by atoms with Crippen LogP contribution in [0.2, 0.25) is 0 Å². The van der Waals surface area contributed by atoms with Crippen molar-refractivity contribution in [2.45, 2.75) is 27.7 Å². The summed E-state index contributed by atoms with van der Waals surface area (Å²) in [5, 5.41) is 3.07. The Morgan fingerprint density at radius 3 is 2.72 bits per heavy atom. The molecule has 0 saturated carbocycles. The largest absolute Gasteiger partial charge is 0.494 e. The number of anilines is 1. The standard InChI is InChI=1S/C15H21NO2/c1-5-18-13-8-6-7-12(11-13)16-10-9-14(17)15(2,3)4/h6-11,16H,5H2,1-4H3.